The predicted octanol–water partition coefficient (Wildman–Crippen LogP) is 3.09. The number of morpholine rings is 1. The summed E-state index contributed by atoms with van der Waals surface area (Å²) >= 11 is 0. The lowest BCUT2D eigenvalue weighted by molar-refractivity contribution is -0.139. The number of aliphatic carboxylic acids is 1. The summed E-state index contributed by atoms with van der Waals surface area (Å²) in [5.41, 5.74) is 0.855. The SMILES string of the molecule is O=C(O)CC1COCCN1C(=O)c1ccc(-c2cc(F)c(F)c(F)c2)cc1. The van der Waals surface area contributed by atoms with Gasteiger partial charge in [-0.05, 0) is 35.4 Å². The Kier molecular flexibility index (Phi) is 5.46. The van der Waals surface area contributed by atoms with Crippen molar-refractivity contribution in [3.63, 3.8) is 0 Å². The van der Waals surface area contributed by atoms with Gasteiger partial charge in [-0.15, -0.1) is 0 Å². The van der Waals surface area contributed by atoms with Crippen molar-refractivity contribution in [2.45, 2.75) is 12.5 Å². The highest BCUT2D eigenvalue weighted by molar-refractivity contribution is 5.95. The van der Waals surface area contributed by atoms with Crippen LogP contribution in [0.1, 0.15) is 16.8 Å². The quantitative estimate of drug-likeness (QED) is 0.829. The molecular formula is C19H16F3NO4. The highest BCUT2D eigenvalue weighted by atomic mass is 19.2. The normalized spacial score (nSPS) is 17.0. The Hall–Kier alpha value is -2.87. The minimum atomic E-state index is -1.54. The zero-order chi connectivity index (χ0) is 19.6. The number of hydrogen-bond acceptors (Lipinski definition) is 3. The number of nitrogens with zero attached hydrogens (tertiary/aromatic N) is 1. The van der Waals surface area contributed by atoms with E-state index in [1.807, 2.05) is 0 Å². The first-order valence-electron chi connectivity index (χ1n) is 8.22. The summed E-state index contributed by atoms with van der Waals surface area (Å²) in [6.07, 6.45) is -0.224. The number of rotatable bonds is 4. The van der Waals surface area contributed by atoms with Crippen molar-refractivity contribution < 1.29 is 32.6 Å². The van der Waals surface area contributed by atoms with Gasteiger partial charge in [0.25, 0.3) is 5.91 Å². The molecule has 1 N–H and O–H groups in total. The molecule has 0 saturated carbocycles. The number of halogens is 3. The van der Waals surface area contributed by atoms with Gasteiger partial charge in [0.15, 0.2) is 17.5 Å². The Morgan fingerprint density at radius 1 is 1.07 bits per heavy atom. The summed E-state index contributed by atoms with van der Waals surface area (Å²) in [6.45, 7) is 0.727. The number of benzene rings is 2. The van der Waals surface area contributed by atoms with Crippen LogP contribution in [0.2, 0.25) is 0 Å². The van der Waals surface area contributed by atoms with Gasteiger partial charge in [-0.3, -0.25) is 9.59 Å². The van der Waals surface area contributed by atoms with Crippen molar-refractivity contribution in [1.29, 1.82) is 0 Å². The first-order chi connectivity index (χ1) is 12.9. The molecule has 0 spiro atoms. The van der Waals surface area contributed by atoms with Crippen LogP contribution in [0.15, 0.2) is 36.4 Å². The number of carboxylic acids is 1. The Bertz CT molecular complexity index is 847. The van der Waals surface area contributed by atoms with Gasteiger partial charge in [0.05, 0.1) is 25.7 Å². The molecule has 0 aliphatic carbocycles. The van der Waals surface area contributed by atoms with Crippen molar-refractivity contribution in [3.8, 4) is 11.1 Å². The van der Waals surface area contributed by atoms with Crippen molar-refractivity contribution in [2.24, 2.45) is 0 Å². The van der Waals surface area contributed by atoms with Crippen LogP contribution in [0.25, 0.3) is 11.1 Å². The first kappa shape index (κ1) is 18.9. The van der Waals surface area contributed by atoms with Gasteiger partial charge in [-0.1, -0.05) is 12.1 Å². The van der Waals surface area contributed by atoms with E-state index >= 15 is 0 Å². The monoisotopic (exact) mass is 379 g/mol. The molecule has 1 heterocycles. The topological polar surface area (TPSA) is 66.8 Å². The molecule has 2 aromatic rings. The van der Waals surface area contributed by atoms with Gasteiger partial charge < -0.3 is 14.7 Å². The smallest absolute Gasteiger partial charge is 0.305 e. The summed E-state index contributed by atoms with van der Waals surface area (Å²) in [4.78, 5) is 25.1. The average molecular weight is 379 g/mol. The van der Waals surface area contributed by atoms with Crippen molar-refractivity contribution in [2.75, 3.05) is 19.8 Å². The lowest BCUT2D eigenvalue weighted by atomic mass is 10.0. The Balaban J connectivity index is 1.82. The summed E-state index contributed by atoms with van der Waals surface area (Å²) in [6, 6.07) is 7.12. The molecule has 1 fully saturated rings. The van der Waals surface area contributed by atoms with E-state index in [1.54, 1.807) is 0 Å². The fourth-order valence-electron chi connectivity index (χ4n) is 2.99. The molecule has 1 amide bonds. The van der Waals surface area contributed by atoms with E-state index in [4.69, 9.17) is 9.84 Å². The zero-order valence-corrected chi connectivity index (χ0v) is 14.1. The molecule has 0 radical (unpaired) electrons. The third-order valence-corrected chi connectivity index (χ3v) is 4.35. The van der Waals surface area contributed by atoms with Crippen molar-refractivity contribution in [1.82, 2.24) is 4.90 Å². The molecule has 1 unspecified atom stereocenters. The summed E-state index contributed by atoms with van der Waals surface area (Å²) in [5, 5.41) is 8.98. The maximum atomic E-state index is 13.4. The number of carbonyl (C=O) groups excluding carboxylic acids is 1. The molecule has 2 aromatic carbocycles. The van der Waals surface area contributed by atoms with Gasteiger partial charge >= 0.3 is 5.97 Å². The van der Waals surface area contributed by atoms with Crippen LogP contribution >= 0.6 is 0 Å². The van der Waals surface area contributed by atoms with Crippen molar-refractivity contribution in [3.05, 3.63) is 59.4 Å². The largest absolute Gasteiger partial charge is 0.481 e. The molecule has 8 heteroatoms. The summed E-state index contributed by atoms with van der Waals surface area (Å²) in [7, 11) is 0. The summed E-state index contributed by atoms with van der Waals surface area (Å²) < 4.78 is 45.1. The number of amides is 1. The fraction of sp³-hybridized carbons (Fsp3) is 0.263. The van der Waals surface area contributed by atoms with Crippen LogP contribution in [0.4, 0.5) is 13.2 Å². The molecule has 5 nitrogen and oxygen atoms in total. The van der Waals surface area contributed by atoms with Gasteiger partial charge in [-0.2, -0.15) is 0 Å². The second-order valence-corrected chi connectivity index (χ2v) is 6.16. The summed E-state index contributed by atoms with van der Waals surface area (Å²) in [5.74, 6) is -5.51. The highest BCUT2D eigenvalue weighted by Gasteiger charge is 2.29. The molecule has 142 valence electrons. The Labute approximate surface area is 153 Å². The minimum absolute atomic E-state index is 0.139. The maximum Gasteiger partial charge on any atom is 0.305 e. The van der Waals surface area contributed by atoms with Crippen molar-refractivity contribution >= 4 is 11.9 Å². The van der Waals surface area contributed by atoms with E-state index in [2.05, 4.69) is 0 Å². The van der Waals surface area contributed by atoms with Crippen LogP contribution in [0.5, 0.6) is 0 Å². The molecule has 0 bridgehead atoms. The molecule has 0 aromatic heterocycles. The number of ether oxygens (including phenoxy) is 1. The Morgan fingerprint density at radius 3 is 2.30 bits per heavy atom. The van der Waals surface area contributed by atoms with E-state index < -0.39 is 29.5 Å². The average Bonchev–Trinajstić information content (AvgIpc) is 2.65. The molecule has 1 saturated heterocycles. The lowest BCUT2D eigenvalue weighted by Gasteiger charge is -2.34. The van der Waals surface area contributed by atoms with E-state index in [9.17, 15) is 22.8 Å². The van der Waals surface area contributed by atoms with E-state index in [0.717, 1.165) is 12.1 Å². The molecule has 1 aliphatic heterocycles. The van der Waals surface area contributed by atoms with E-state index in [-0.39, 0.29) is 31.0 Å². The van der Waals surface area contributed by atoms with Gasteiger partial charge in [0.2, 0.25) is 0 Å². The second-order valence-electron chi connectivity index (χ2n) is 6.16. The predicted molar refractivity (Wildman–Crippen MR) is 89.6 cm³/mol. The molecular weight excluding hydrogens is 363 g/mol. The van der Waals surface area contributed by atoms with E-state index in [0.29, 0.717) is 17.7 Å². The molecule has 1 atom stereocenters. The molecule has 3 rings (SSSR count). The van der Waals surface area contributed by atoms with Gasteiger partial charge in [-0.25, -0.2) is 13.2 Å². The van der Waals surface area contributed by atoms with E-state index in [1.165, 1.54) is 29.2 Å². The zero-order valence-electron chi connectivity index (χ0n) is 14.1. The standard InChI is InChI=1S/C19H16F3NO4/c20-15-7-13(8-16(21)18(15)22)11-1-3-12(4-2-11)19(26)23-5-6-27-10-14(23)9-17(24)25/h1-4,7-8,14H,5-6,9-10H2,(H,24,25). The minimum Gasteiger partial charge on any atom is -0.481 e. The van der Waals surface area contributed by atoms with Crippen LogP contribution < -0.4 is 0 Å². The first-order valence-corrected chi connectivity index (χ1v) is 8.22. The number of carboxylic acid groups (broad SMARTS) is 1. The highest BCUT2D eigenvalue weighted by Crippen LogP contribution is 2.25. The number of carbonyl (C=O) groups is 2. The number of hydrogen-bond donors (Lipinski definition) is 1. The van der Waals surface area contributed by atoms with Gasteiger partial charge in [0.1, 0.15) is 0 Å². The Morgan fingerprint density at radius 2 is 1.70 bits per heavy atom. The maximum absolute atomic E-state index is 13.4. The third kappa shape index (κ3) is 4.11. The van der Waals surface area contributed by atoms with Crippen LogP contribution in [-0.2, 0) is 9.53 Å². The van der Waals surface area contributed by atoms with Crippen LogP contribution in [0, 0.1) is 17.5 Å². The lowest BCUT2D eigenvalue weighted by Crippen LogP contribution is -2.49. The van der Waals surface area contributed by atoms with Gasteiger partial charge in [0, 0.05) is 12.1 Å². The molecule has 27 heavy (non-hydrogen) atoms. The third-order valence-electron chi connectivity index (χ3n) is 4.35. The second kappa shape index (κ2) is 7.79. The van der Waals surface area contributed by atoms with Crippen LogP contribution in [0.3, 0.4) is 0 Å². The molecule has 1 aliphatic rings. The van der Waals surface area contributed by atoms with Crippen LogP contribution in [-0.4, -0.2) is 47.7 Å². The fourth-order valence-corrected chi connectivity index (χ4v) is 2.99.